The van der Waals surface area contributed by atoms with Gasteiger partial charge in [0.25, 0.3) is 0 Å². The average Bonchev–Trinajstić information content (AvgIpc) is 3.17. The van der Waals surface area contributed by atoms with Crippen LogP contribution in [0.2, 0.25) is 0 Å². The van der Waals surface area contributed by atoms with Crippen molar-refractivity contribution in [3.8, 4) is 0 Å². The molecule has 5 nitrogen and oxygen atoms in total. The molecule has 2 fully saturated rings. The van der Waals surface area contributed by atoms with Crippen molar-refractivity contribution in [2.75, 3.05) is 13.2 Å². The zero-order valence-corrected chi connectivity index (χ0v) is 19.9. The number of aliphatic hydroxyl groups is 1. The molecule has 1 aromatic carbocycles. The Morgan fingerprint density at radius 1 is 1.09 bits per heavy atom. The van der Waals surface area contributed by atoms with Gasteiger partial charge in [-0.1, -0.05) is 6.92 Å². The number of alkyl halides is 6. The van der Waals surface area contributed by atoms with Gasteiger partial charge in [0.05, 0.1) is 28.7 Å². The van der Waals surface area contributed by atoms with Crippen molar-refractivity contribution in [2.45, 2.75) is 83.0 Å². The lowest BCUT2D eigenvalue weighted by Crippen LogP contribution is -2.54. The van der Waals surface area contributed by atoms with Crippen LogP contribution in [0.15, 0.2) is 18.2 Å². The third-order valence-electron chi connectivity index (χ3n) is 7.31. The van der Waals surface area contributed by atoms with Crippen molar-refractivity contribution >= 4 is 5.91 Å². The molecular weight excluding hydrogens is 478 g/mol. The maximum atomic E-state index is 13.3. The van der Waals surface area contributed by atoms with Crippen molar-refractivity contribution in [1.29, 1.82) is 0 Å². The van der Waals surface area contributed by atoms with Crippen molar-refractivity contribution < 1.29 is 41.0 Å². The van der Waals surface area contributed by atoms with Gasteiger partial charge in [-0.25, -0.2) is 0 Å². The Kier molecular flexibility index (Phi) is 7.84. The summed E-state index contributed by atoms with van der Waals surface area (Å²) >= 11 is 0. The Hall–Kier alpha value is -1.85. The number of carbonyl (C=O) groups excluding carboxylic acids is 1. The SMILES string of the molecule is CC1COCCC1N[C@@H]1CC[C@@](C(=O)NCc2cc(C(F)(F)F)cc(C(F)(F)F)c2)(C(C)(C)O)C1. The summed E-state index contributed by atoms with van der Waals surface area (Å²) < 4.78 is 84.4. The summed E-state index contributed by atoms with van der Waals surface area (Å²) in [5, 5.41) is 17.0. The fourth-order valence-electron chi connectivity index (χ4n) is 5.13. The molecule has 3 N–H and O–H groups in total. The monoisotopic (exact) mass is 510 g/mol. The zero-order valence-electron chi connectivity index (χ0n) is 19.9. The second kappa shape index (κ2) is 9.89. The molecule has 35 heavy (non-hydrogen) atoms. The van der Waals surface area contributed by atoms with Crippen LogP contribution in [0.25, 0.3) is 0 Å². The predicted molar refractivity (Wildman–Crippen MR) is 116 cm³/mol. The van der Waals surface area contributed by atoms with Crippen LogP contribution in [0.5, 0.6) is 0 Å². The number of hydrogen-bond donors (Lipinski definition) is 3. The predicted octanol–water partition coefficient (Wildman–Crippen LogP) is 4.66. The van der Waals surface area contributed by atoms with Crippen LogP contribution in [0.4, 0.5) is 26.3 Å². The van der Waals surface area contributed by atoms with Gasteiger partial charge in [0.2, 0.25) is 5.91 Å². The van der Waals surface area contributed by atoms with Gasteiger partial charge < -0.3 is 20.5 Å². The summed E-state index contributed by atoms with van der Waals surface area (Å²) in [4.78, 5) is 13.3. The maximum Gasteiger partial charge on any atom is 0.416 e. The standard InChI is InChI=1S/C24H32F6N2O3/c1-14-13-35-7-5-19(14)32-18-4-6-22(11-18,21(2,3)34)20(33)31-12-15-8-16(23(25,26)27)10-17(9-15)24(28,29)30/h8-10,14,18-19,32,34H,4-7,11-13H2,1-3H3,(H,31,33)/t14?,18-,19?,22-/m1/s1. The van der Waals surface area contributed by atoms with Crippen LogP contribution >= 0.6 is 0 Å². The first-order valence-corrected chi connectivity index (χ1v) is 11.7. The molecule has 11 heteroatoms. The molecule has 1 aromatic rings. The molecule has 0 spiro atoms. The number of nitrogens with one attached hydrogen (secondary N) is 2. The number of amides is 1. The molecule has 1 amide bonds. The Morgan fingerprint density at radius 2 is 1.69 bits per heavy atom. The molecule has 4 atom stereocenters. The smallest absolute Gasteiger partial charge is 0.389 e. The molecule has 2 aliphatic rings. The molecule has 0 bridgehead atoms. The topological polar surface area (TPSA) is 70.6 Å². The fourth-order valence-corrected chi connectivity index (χ4v) is 5.13. The highest BCUT2D eigenvalue weighted by atomic mass is 19.4. The molecule has 1 aliphatic carbocycles. The van der Waals surface area contributed by atoms with E-state index in [0.717, 1.165) is 6.42 Å². The van der Waals surface area contributed by atoms with Gasteiger partial charge in [-0.15, -0.1) is 0 Å². The second-order valence-electron chi connectivity index (χ2n) is 10.3. The highest BCUT2D eigenvalue weighted by Gasteiger charge is 2.54. The molecule has 1 heterocycles. The van der Waals surface area contributed by atoms with E-state index in [0.29, 0.717) is 44.6 Å². The number of ether oxygens (including phenoxy) is 1. The first-order chi connectivity index (χ1) is 16.0. The van der Waals surface area contributed by atoms with Crippen molar-refractivity contribution in [2.24, 2.45) is 11.3 Å². The van der Waals surface area contributed by atoms with E-state index in [1.54, 1.807) is 0 Å². The number of rotatable bonds is 6. The Morgan fingerprint density at radius 3 is 2.20 bits per heavy atom. The van der Waals surface area contributed by atoms with Gasteiger partial charge >= 0.3 is 12.4 Å². The van der Waals surface area contributed by atoms with Crippen molar-refractivity contribution in [3.63, 3.8) is 0 Å². The highest BCUT2D eigenvalue weighted by Crippen LogP contribution is 2.47. The number of halogens is 6. The summed E-state index contributed by atoms with van der Waals surface area (Å²) in [5.41, 5.74) is -5.91. The largest absolute Gasteiger partial charge is 0.416 e. The molecule has 2 unspecified atom stereocenters. The molecule has 198 valence electrons. The summed E-state index contributed by atoms with van der Waals surface area (Å²) in [7, 11) is 0. The Balaban J connectivity index is 1.77. The number of carbonyl (C=O) groups is 1. The summed E-state index contributed by atoms with van der Waals surface area (Å²) in [6, 6.07) is 1.37. The normalized spacial score (nSPS) is 28.2. The molecule has 1 saturated carbocycles. The number of hydrogen-bond acceptors (Lipinski definition) is 4. The summed E-state index contributed by atoms with van der Waals surface area (Å²) in [5.74, 6) is -0.321. The van der Waals surface area contributed by atoms with Gasteiger partial charge in [-0.3, -0.25) is 4.79 Å². The van der Waals surface area contributed by atoms with Gasteiger partial charge in [0, 0.05) is 25.2 Å². The van der Waals surface area contributed by atoms with Crippen LogP contribution < -0.4 is 10.6 Å². The first-order valence-electron chi connectivity index (χ1n) is 11.7. The summed E-state index contributed by atoms with van der Waals surface area (Å²) in [6.45, 7) is 5.78. The molecule has 3 rings (SSSR count). The van der Waals surface area contributed by atoms with E-state index in [1.807, 2.05) is 0 Å². The number of benzene rings is 1. The lowest BCUT2D eigenvalue weighted by Gasteiger charge is -2.40. The van der Waals surface area contributed by atoms with Gasteiger partial charge in [0.15, 0.2) is 0 Å². The average molecular weight is 511 g/mol. The van der Waals surface area contributed by atoms with E-state index in [1.165, 1.54) is 13.8 Å². The minimum absolute atomic E-state index is 0.0498. The minimum Gasteiger partial charge on any atom is -0.389 e. The maximum absolute atomic E-state index is 13.3. The van der Waals surface area contributed by atoms with E-state index in [9.17, 15) is 36.2 Å². The third-order valence-corrected chi connectivity index (χ3v) is 7.31. The highest BCUT2D eigenvalue weighted by molar-refractivity contribution is 5.84. The van der Waals surface area contributed by atoms with E-state index in [2.05, 4.69) is 17.6 Å². The van der Waals surface area contributed by atoms with Crippen LogP contribution in [-0.4, -0.2) is 41.9 Å². The summed E-state index contributed by atoms with van der Waals surface area (Å²) in [6.07, 6.45) is -7.91. The molecule has 0 radical (unpaired) electrons. The quantitative estimate of drug-likeness (QED) is 0.487. The zero-order chi connectivity index (χ0) is 26.2. The van der Waals surface area contributed by atoms with Gasteiger partial charge in [-0.05, 0) is 69.2 Å². The molecule has 1 aliphatic heterocycles. The van der Waals surface area contributed by atoms with E-state index >= 15 is 0 Å². The lowest BCUT2D eigenvalue weighted by molar-refractivity contribution is -0.146. The van der Waals surface area contributed by atoms with E-state index < -0.39 is 46.9 Å². The van der Waals surface area contributed by atoms with Crippen LogP contribution in [0.1, 0.15) is 63.1 Å². The van der Waals surface area contributed by atoms with Gasteiger partial charge in [-0.2, -0.15) is 26.3 Å². The minimum atomic E-state index is -4.97. The molecule has 0 aromatic heterocycles. The second-order valence-corrected chi connectivity index (χ2v) is 10.3. The van der Waals surface area contributed by atoms with Crippen molar-refractivity contribution in [3.05, 3.63) is 34.9 Å². The van der Waals surface area contributed by atoms with Crippen LogP contribution in [-0.2, 0) is 28.4 Å². The first kappa shape index (κ1) is 27.7. The van der Waals surface area contributed by atoms with Crippen LogP contribution in [0, 0.1) is 11.3 Å². The van der Waals surface area contributed by atoms with E-state index in [4.69, 9.17) is 4.74 Å². The Bertz CT molecular complexity index is 880. The lowest BCUT2D eigenvalue weighted by atomic mass is 9.71. The van der Waals surface area contributed by atoms with Crippen molar-refractivity contribution in [1.82, 2.24) is 10.6 Å². The fraction of sp³-hybridized carbons (Fsp3) is 0.708. The van der Waals surface area contributed by atoms with Gasteiger partial charge in [0.1, 0.15) is 0 Å². The van der Waals surface area contributed by atoms with E-state index in [-0.39, 0.29) is 29.6 Å². The Labute approximate surface area is 200 Å². The molecule has 1 saturated heterocycles. The van der Waals surface area contributed by atoms with Crippen LogP contribution in [0.3, 0.4) is 0 Å². The third kappa shape index (κ3) is 6.29. The molecular formula is C24H32F6N2O3.